The Morgan fingerprint density at radius 1 is 0.885 bits per heavy atom. The van der Waals surface area contributed by atoms with Gasteiger partial charge in [0.1, 0.15) is 24.7 Å². The van der Waals surface area contributed by atoms with Crippen molar-refractivity contribution in [2.24, 2.45) is 0 Å². The highest BCUT2D eigenvalue weighted by Crippen LogP contribution is 2.22. The summed E-state index contributed by atoms with van der Waals surface area (Å²) in [5.41, 5.74) is 0.655. The minimum absolute atomic E-state index is 0.0200. The average Bonchev–Trinajstić information content (AvgIpc) is 3.09. The lowest BCUT2D eigenvalue weighted by Crippen LogP contribution is -2.04. The van der Waals surface area contributed by atoms with Gasteiger partial charge in [0.2, 0.25) is 5.76 Å². The van der Waals surface area contributed by atoms with Crippen LogP contribution in [0.3, 0.4) is 0 Å². The van der Waals surface area contributed by atoms with Crippen LogP contribution in [-0.4, -0.2) is 5.97 Å². The summed E-state index contributed by atoms with van der Waals surface area (Å²) in [6.07, 6.45) is 0. The van der Waals surface area contributed by atoms with Gasteiger partial charge in [-0.3, -0.25) is 0 Å². The number of carbonyl (C=O) groups excluding carboxylic acids is 1. The summed E-state index contributed by atoms with van der Waals surface area (Å²) >= 11 is 17.7. The fourth-order valence-corrected chi connectivity index (χ4v) is 2.69. The monoisotopic (exact) mass is 410 g/mol. The van der Waals surface area contributed by atoms with E-state index in [0.717, 1.165) is 0 Å². The van der Waals surface area contributed by atoms with Gasteiger partial charge in [0.25, 0.3) is 0 Å². The van der Waals surface area contributed by atoms with Crippen molar-refractivity contribution in [2.75, 3.05) is 0 Å². The highest BCUT2D eigenvalue weighted by atomic mass is 35.5. The van der Waals surface area contributed by atoms with Gasteiger partial charge >= 0.3 is 5.97 Å². The molecule has 0 aliphatic rings. The lowest BCUT2D eigenvalue weighted by molar-refractivity contribution is 0.0432. The zero-order valence-corrected chi connectivity index (χ0v) is 15.6. The molecular weight excluding hydrogens is 399 g/mol. The quantitative estimate of drug-likeness (QED) is 0.455. The van der Waals surface area contributed by atoms with Gasteiger partial charge in [0.15, 0.2) is 0 Å². The summed E-state index contributed by atoms with van der Waals surface area (Å²) in [6.45, 7) is 0.198. The van der Waals surface area contributed by atoms with Gasteiger partial charge in [-0.15, -0.1) is 0 Å². The number of halogens is 3. The minimum Gasteiger partial charge on any atom is -0.486 e. The van der Waals surface area contributed by atoms with Crippen molar-refractivity contribution in [1.82, 2.24) is 0 Å². The molecule has 0 N–H and O–H groups in total. The minimum atomic E-state index is -0.589. The topological polar surface area (TPSA) is 48.7 Å². The van der Waals surface area contributed by atoms with Crippen LogP contribution in [0.4, 0.5) is 0 Å². The van der Waals surface area contributed by atoms with E-state index in [1.165, 1.54) is 6.07 Å². The highest BCUT2D eigenvalue weighted by molar-refractivity contribution is 6.35. The number of rotatable bonds is 6. The largest absolute Gasteiger partial charge is 0.486 e. The van der Waals surface area contributed by atoms with Gasteiger partial charge in [-0.25, -0.2) is 4.79 Å². The molecule has 1 heterocycles. The molecule has 0 fully saturated rings. The molecule has 0 saturated carbocycles. The van der Waals surface area contributed by atoms with E-state index in [2.05, 4.69) is 0 Å². The first-order chi connectivity index (χ1) is 12.5. The average molecular weight is 412 g/mol. The molecule has 134 valence electrons. The maximum absolute atomic E-state index is 12.1. The smallest absolute Gasteiger partial charge is 0.374 e. The SMILES string of the molecule is O=C(OCc1ccc(Cl)cc1Cl)c1ccc(COc2ccc(Cl)cc2)o1. The number of carbonyl (C=O) groups is 1. The van der Waals surface area contributed by atoms with E-state index < -0.39 is 5.97 Å². The molecule has 0 saturated heterocycles. The van der Waals surface area contributed by atoms with Crippen molar-refractivity contribution in [3.05, 3.63) is 86.7 Å². The van der Waals surface area contributed by atoms with Crippen LogP contribution in [0.1, 0.15) is 21.9 Å². The van der Waals surface area contributed by atoms with Gasteiger partial charge in [0.05, 0.1) is 0 Å². The Kier molecular flexibility index (Phi) is 6.09. The van der Waals surface area contributed by atoms with Crippen LogP contribution in [-0.2, 0) is 18.0 Å². The van der Waals surface area contributed by atoms with E-state index in [0.29, 0.717) is 32.1 Å². The van der Waals surface area contributed by atoms with Crippen LogP contribution in [0.2, 0.25) is 15.1 Å². The van der Waals surface area contributed by atoms with Gasteiger partial charge in [-0.05, 0) is 48.5 Å². The standard InChI is InChI=1S/C19H13Cl3O4/c20-13-3-5-15(6-4-13)24-11-16-7-8-18(26-16)19(23)25-10-12-1-2-14(21)9-17(12)22/h1-9H,10-11H2. The third-order valence-electron chi connectivity index (χ3n) is 3.43. The number of benzene rings is 2. The molecule has 0 aliphatic carbocycles. The molecule has 3 aromatic rings. The molecule has 0 amide bonds. The Balaban J connectivity index is 1.54. The summed E-state index contributed by atoms with van der Waals surface area (Å²) in [7, 11) is 0. The molecule has 3 rings (SSSR count). The van der Waals surface area contributed by atoms with Crippen molar-refractivity contribution in [1.29, 1.82) is 0 Å². The molecular formula is C19H13Cl3O4. The van der Waals surface area contributed by atoms with Crippen LogP contribution in [0.15, 0.2) is 59.0 Å². The fourth-order valence-electron chi connectivity index (χ4n) is 2.10. The molecule has 0 unspecified atom stereocenters. The first-order valence-corrected chi connectivity index (χ1v) is 8.73. The van der Waals surface area contributed by atoms with Crippen LogP contribution in [0, 0.1) is 0 Å². The van der Waals surface area contributed by atoms with Crippen molar-refractivity contribution in [3.8, 4) is 5.75 Å². The van der Waals surface area contributed by atoms with Crippen LogP contribution < -0.4 is 4.74 Å². The number of furan rings is 1. The number of esters is 1. The van der Waals surface area contributed by atoms with Gasteiger partial charge in [0, 0.05) is 20.6 Å². The zero-order valence-electron chi connectivity index (χ0n) is 13.4. The Morgan fingerprint density at radius 3 is 2.35 bits per heavy atom. The lowest BCUT2D eigenvalue weighted by Gasteiger charge is -2.06. The summed E-state index contributed by atoms with van der Waals surface area (Å²) in [4.78, 5) is 12.1. The Labute approximate surface area is 165 Å². The second-order valence-corrected chi connectivity index (χ2v) is 6.60. The fraction of sp³-hybridized carbons (Fsp3) is 0.105. The lowest BCUT2D eigenvalue weighted by atomic mass is 10.2. The molecule has 26 heavy (non-hydrogen) atoms. The summed E-state index contributed by atoms with van der Waals surface area (Å²) in [5.74, 6) is 0.641. The zero-order chi connectivity index (χ0) is 18.5. The summed E-state index contributed by atoms with van der Waals surface area (Å²) in [5, 5.41) is 1.57. The molecule has 7 heteroatoms. The molecule has 0 aliphatic heterocycles. The van der Waals surface area contributed by atoms with Gasteiger partial charge in [-0.2, -0.15) is 0 Å². The van der Waals surface area contributed by atoms with Crippen LogP contribution in [0.5, 0.6) is 5.75 Å². The number of hydrogen-bond acceptors (Lipinski definition) is 4. The summed E-state index contributed by atoms with van der Waals surface area (Å²) in [6, 6.07) is 15.1. The molecule has 4 nitrogen and oxygen atoms in total. The molecule has 0 radical (unpaired) electrons. The normalized spacial score (nSPS) is 10.6. The Morgan fingerprint density at radius 2 is 1.62 bits per heavy atom. The van der Waals surface area contributed by atoms with Crippen molar-refractivity contribution in [2.45, 2.75) is 13.2 Å². The van der Waals surface area contributed by atoms with Gasteiger partial charge in [-0.1, -0.05) is 40.9 Å². The second kappa shape index (κ2) is 8.49. The van der Waals surface area contributed by atoms with E-state index in [1.54, 1.807) is 48.5 Å². The van der Waals surface area contributed by atoms with E-state index >= 15 is 0 Å². The molecule has 0 bridgehead atoms. The number of hydrogen-bond donors (Lipinski definition) is 0. The maximum Gasteiger partial charge on any atom is 0.374 e. The van der Waals surface area contributed by atoms with E-state index in [1.807, 2.05) is 0 Å². The van der Waals surface area contributed by atoms with E-state index in [9.17, 15) is 4.79 Å². The first kappa shape index (κ1) is 18.6. The third-order valence-corrected chi connectivity index (χ3v) is 4.27. The maximum atomic E-state index is 12.1. The van der Waals surface area contributed by atoms with Crippen LogP contribution >= 0.6 is 34.8 Å². The second-order valence-electron chi connectivity index (χ2n) is 5.32. The van der Waals surface area contributed by atoms with E-state index in [-0.39, 0.29) is 19.0 Å². The molecule has 0 spiro atoms. The molecule has 1 aromatic heterocycles. The van der Waals surface area contributed by atoms with Crippen molar-refractivity contribution in [3.63, 3.8) is 0 Å². The Bertz CT molecular complexity index is 903. The van der Waals surface area contributed by atoms with E-state index in [4.69, 9.17) is 48.7 Å². The number of ether oxygens (including phenoxy) is 2. The molecule has 2 aromatic carbocycles. The Hall–Kier alpha value is -2.14. The van der Waals surface area contributed by atoms with Crippen LogP contribution in [0.25, 0.3) is 0 Å². The third kappa shape index (κ3) is 4.94. The first-order valence-electron chi connectivity index (χ1n) is 7.59. The molecule has 0 atom stereocenters. The summed E-state index contributed by atoms with van der Waals surface area (Å²) < 4.78 is 16.2. The van der Waals surface area contributed by atoms with Crippen molar-refractivity contribution >= 4 is 40.8 Å². The highest BCUT2D eigenvalue weighted by Gasteiger charge is 2.14. The predicted octanol–water partition coefficient (Wildman–Crippen LogP) is 6.18. The van der Waals surface area contributed by atoms with Gasteiger partial charge < -0.3 is 13.9 Å². The van der Waals surface area contributed by atoms with Crippen molar-refractivity contribution < 1.29 is 18.7 Å². The predicted molar refractivity (Wildman–Crippen MR) is 100 cm³/mol.